The summed E-state index contributed by atoms with van der Waals surface area (Å²) >= 11 is 3.41. The molecule has 0 atom stereocenters. The molecule has 25 heavy (non-hydrogen) atoms. The summed E-state index contributed by atoms with van der Waals surface area (Å²) in [5.74, 6) is 1.12. The molecule has 0 aliphatic heterocycles. The van der Waals surface area contributed by atoms with Crippen LogP contribution < -0.4 is 9.47 Å². The zero-order valence-corrected chi connectivity index (χ0v) is 16.9. The molecule has 4 heteroatoms. The van der Waals surface area contributed by atoms with Crippen molar-refractivity contribution in [2.24, 2.45) is 0 Å². The predicted octanol–water partition coefficient (Wildman–Crippen LogP) is 5.82. The van der Waals surface area contributed by atoms with Crippen LogP contribution in [0.2, 0.25) is 0 Å². The first kappa shape index (κ1) is 19.5. The lowest BCUT2D eigenvalue weighted by Gasteiger charge is -2.19. The molecule has 2 aromatic rings. The Bertz CT molecular complexity index is 715. The number of esters is 1. The molecule has 0 aromatic heterocycles. The maximum Gasteiger partial charge on any atom is 0.311 e. The molecule has 0 N–H and O–H groups in total. The van der Waals surface area contributed by atoms with Gasteiger partial charge in [-0.3, -0.25) is 4.79 Å². The number of halogens is 1. The molecule has 0 radical (unpaired) electrons. The third-order valence-corrected chi connectivity index (χ3v) is 4.45. The molecule has 0 saturated heterocycles. The number of ether oxygens (including phenoxy) is 2. The highest BCUT2D eigenvalue weighted by molar-refractivity contribution is 9.10. The maximum absolute atomic E-state index is 11.9. The highest BCUT2D eigenvalue weighted by Crippen LogP contribution is 2.26. The van der Waals surface area contributed by atoms with Gasteiger partial charge in [-0.1, -0.05) is 39.0 Å². The normalized spacial score (nSPS) is 11.2. The van der Waals surface area contributed by atoms with E-state index in [1.54, 1.807) is 6.07 Å². The molecule has 0 unspecified atom stereocenters. The molecule has 0 aliphatic rings. The first-order valence-corrected chi connectivity index (χ1v) is 9.25. The van der Waals surface area contributed by atoms with E-state index >= 15 is 0 Å². The third kappa shape index (κ3) is 6.20. The molecule has 134 valence electrons. The van der Waals surface area contributed by atoms with Crippen molar-refractivity contribution in [1.82, 2.24) is 0 Å². The summed E-state index contributed by atoms with van der Waals surface area (Å²) in [6.45, 7) is 9.02. The molecule has 0 heterocycles. The van der Waals surface area contributed by atoms with Crippen LogP contribution in [0.15, 0.2) is 46.9 Å². The van der Waals surface area contributed by atoms with Gasteiger partial charge in [-0.05, 0) is 70.1 Å². The Morgan fingerprint density at radius 3 is 2.36 bits per heavy atom. The summed E-state index contributed by atoms with van der Waals surface area (Å²) in [6, 6.07) is 13.7. The standard InChI is InChI=1S/C21H25BrO3/c1-15-7-12-19(18(22)14-15)25-20(23)6-5-13-24-17-10-8-16(9-11-17)21(2,3)4/h7-12,14H,5-6,13H2,1-4H3. The summed E-state index contributed by atoms with van der Waals surface area (Å²) in [7, 11) is 0. The minimum absolute atomic E-state index is 0.131. The fraction of sp³-hybridized carbons (Fsp3) is 0.381. The van der Waals surface area contributed by atoms with E-state index < -0.39 is 0 Å². The van der Waals surface area contributed by atoms with Gasteiger partial charge in [-0.25, -0.2) is 0 Å². The van der Waals surface area contributed by atoms with E-state index in [2.05, 4.69) is 48.8 Å². The van der Waals surface area contributed by atoms with Crippen molar-refractivity contribution >= 4 is 21.9 Å². The van der Waals surface area contributed by atoms with E-state index in [9.17, 15) is 4.79 Å². The summed E-state index contributed by atoms with van der Waals surface area (Å²) < 4.78 is 11.8. The maximum atomic E-state index is 11.9. The minimum Gasteiger partial charge on any atom is -0.494 e. The lowest BCUT2D eigenvalue weighted by Crippen LogP contribution is -2.11. The Labute approximate surface area is 158 Å². The van der Waals surface area contributed by atoms with Gasteiger partial charge in [-0.2, -0.15) is 0 Å². The second-order valence-corrected chi connectivity index (χ2v) is 7.99. The number of benzene rings is 2. The summed E-state index contributed by atoms with van der Waals surface area (Å²) in [4.78, 5) is 11.9. The summed E-state index contributed by atoms with van der Waals surface area (Å²) in [6.07, 6.45) is 0.934. The van der Waals surface area contributed by atoms with Crippen molar-refractivity contribution in [1.29, 1.82) is 0 Å². The topological polar surface area (TPSA) is 35.5 Å². The fourth-order valence-electron chi connectivity index (χ4n) is 2.32. The molecule has 2 rings (SSSR count). The Morgan fingerprint density at radius 2 is 1.76 bits per heavy atom. The zero-order chi connectivity index (χ0) is 18.4. The van der Waals surface area contributed by atoms with Crippen molar-refractivity contribution in [2.45, 2.75) is 46.0 Å². The second-order valence-electron chi connectivity index (χ2n) is 7.13. The van der Waals surface area contributed by atoms with Crippen LogP contribution >= 0.6 is 15.9 Å². The van der Waals surface area contributed by atoms with Gasteiger partial charge in [0.15, 0.2) is 0 Å². The SMILES string of the molecule is Cc1ccc(OC(=O)CCCOc2ccc(C(C)(C)C)cc2)c(Br)c1. The predicted molar refractivity (Wildman–Crippen MR) is 104 cm³/mol. The van der Waals surface area contributed by atoms with Crippen LogP contribution in [0.1, 0.15) is 44.7 Å². The molecule has 0 amide bonds. The largest absolute Gasteiger partial charge is 0.494 e. The first-order chi connectivity index (χ1) is 11.8. The van der Waals surface area contributed by atoms with Crippen LogP contribution in [0.5, 0.6) is 11.5 Å². The Morgan fingerprint density at radius 1 is 1.08 bits per heavy atom. The second kappa shape index (κ2) is 8.52. The van der Waals surface area contributed by atoms with Gasteiger partial charge >= 0.3 is 5.97 Å². The van der Waals surface area contributed by atoms with Crippen LogP contribution in [-0.2, 0) is 10.2 Å². The molecule has 0 bridgehead atoms. The summed E-state index contributed by atoms with van der Waals surface area (Å²) in [5, 5.41) is 0. The van der Waals surface area contributed by atoms with E-state index in [4.69, 9.17) is 9.47 Å². The number of hydrogen-bond donors (Lipinski definition) is 0. The van der Waals surface area contributed by atoms with E-state index in [1.165, 1.54) is 5.56 Å². The monoisotopic (exact) mass is 404 g/mol. The van der Waals surface area contributed by atoms with Crippen molar-refractivity contribution < 1.29 is 14.3 Å². The molecule has 3 nitrogen and oxygen atoms in total. The van der Waals surface area contributed by atoms with Crippen LogP contribution in [0.3, 0.4) is 0 Å². The molecule has 0 saturated carbocycles. The van der Waals surface area contributed by atoms with E-state index in [1.807, 2.05) is 31.2 Å². The molecular weight excluding hydrogens is 380 g/mol. The van der Waals surface area contributed by atoms with E-state index in [0.717, 1.165) is 15.8 Å². The van der Waals surface area contributed by atoms with Gasteiger partial charge in [0.2, 0.25) is 0 Å². The van der Waals surface area contributed by atoms with Gasteiger partial charge in [0.25, 0.3) is 0 Å². The van der Waals surface area contributed by atoms with Crippen LogP contribution in [0.25, 0.3) is 0 Å². The van der Waals surface area contributed by atoms with Crippen molar-refractivity contribution in [3.8, 4) is 11.5 Å². The Kier molecular flexibility index (Phi) is 6.65. The zero-order valence-electron chi connectivity index (χ0n) is 15.3. The fourth-order valence-corrected chi connectivity index (χ4v) is 2.89. The van der Waals surface area contributed by atoms with Crippen LogP contribution in [0, 0.1) is 6.92 Å². The number of hydrogen-bond acceptors (Lipinski definition) is 3. The first-order valence-electron chi connectivity index (χ1n) is 8.46. The molecule has 0 fully saturated rings. The van der Waals surface area contributed by atoms with E-state index in [-0.39, 0.29) is 11.4 Å². The average molecular weight is 405 g/mol. The van der Waals surface area contributed by atoms with Crippen LogP contribution in [-0.4, -0.2) is 12.6 Å². The van der Waals surface area contributed by atoms with Crippen molar-refractivity contribution in [3.05, 3.63) is 58.1 Å². The van der Waals surface area contributed by atoms with Crippen molar-refractivity contribution in [3.63, 3.8) is 0 Å². The molecule has 0 aliphatic carbocycles. The van der Waals surface area contributed by atoms with Gasteiger partial charge < -0.3 is 9.47 Å². The lowest BCUT2D eigenvalue weighted by molar-refractivity contribution is -0.134. The highest BCUT2D eigenvalue weighted by atomic mass is 79.9. The lowest BCUT2D eigenvalue weighted by atomic mass is 9.87. The van der Waals surface area contributed by atoms with Gasteiger partial charge in [-0.15, -0.1) is 0 Å². The summed E-state index contributed by atoms with van der Waals surface area (Å²) in [5.41, 5.74) is 2.51. The molecule has 2 aromatic carbocycles. The smallest absolute Gasteiger partial charge is 0.311 e. The molecular formula is C21H25BrO3. The van der Waals surface area contributed by atoms with Gasteiger partial charge in [0, 0.05) is 6.42 Å². The number of carbonyl (C=O) groups excluding carboxylic acids is 1. The third-order valence-electron chi connectivity index (χ3n) is 3.83. The Hall–Kier alpha value is -1.81. The number of rotatable bonds is 6. The Balaban J connectivity index is 1.74. The van der Waals surface area contributed by atoms with Gasteiger partial charge in [0.05, 0.1) is 11.1 Å². The average Bonchev–Trinajstić information content (AvgIpc) is 2.54. The minimum atomic E-state index is -0.253. The highest BCUT2D eigenvalue weighted by Gasteiger charge is 2.13. The van der Waals surface area contributed by atoms with Gasteiger partial charge in [0.1, 0.15) is 11.5 Å². The quantitative estimate of drug-likeness (QED) is 0.345. The molecule has 0 spiro atoms. The number of aryl methyl sites for hydroxylation is 1. The van der Waals surface area contributed by atoms with Crippen molar-refractivity contribution in [2.75, 3.05) is 6.61 Å². The van der Waals surface area contributed by atoms with Crippen LogP contribution in [0.4, 0.5) is 0 Å². The van der Waals surface area contributed by atoms with E-state index in [0.29, 0.717) is 25.2 Å². The number of carbonyl (C=O) groups is 1.